The predicted octanol–water partition coefficient (Wildman–Crippen LogP) is 5.01. The van der Waals surface area contributed by atoms with Gasteiger partial charge in [0, 0.05) is 18.5 Å². The first-order chi connectivity index (χ1) is 19.4. The van der Waals surface area contributed by atoms with Crippen molar-refractivity contribution in [3.63, 3.8) is 0 Å². The van der Waals surface area contributed by atoms with Gasteiger partial charge in [0.25, 0.3) is 0 Å². The number of rotatable bonds is 9. The molecule has 0 spiro atoms. The molecular weight excluding hydrogens is 526 g/mol. The Balaban J connectivity index is 1.30. The maximum absolute atomic E-state index is 12.2. The van der Waals surface area contributed by atoms with E-state index >= 15 is 0 Å². The highest BCUT2D eigenvalue weighted by Gasteiger charge is 2.54. The van der Waals surface area contributed by atoms with Crippen molar-refractivity contribution in [2.75, 3.05) is 33.9 Å². The van der Waals surface area contributed by atoms with Gasteiger partial charge in [-0.05, 0) is 112 Å². The molecule has 1 saturated heterocycles. The van der Waals surface area contributed by atoms with E-state index in [1.54, 1.807) is 14.2 Å². The molecule has 0 radical (unpaired) electrons. The molecule has 1 aliphatic heterocycles. The molecule has 5 aliphatic rings. The monoisotopic (exact) mass is 567 g/mol. The summed E-state index contributed by atoms with van der Waals surface area (Å²) in [6.07, 6.45) is 11.1. The van der Waals surface area contributed by atoms with Crippen molar-refractivity contribution in [2.45, 2.75) is 70.4 Å². The van der Waals surface area contributed by atoms with E-state index in [0.717, 1.165) is 55.1 Å². The molecule has 0 unspecified atom stereocenters. The highest BCUT2D eigenvalue weighted by atomic mass is 32.1. The van der Waals surface area contributed by atoms with Crippen LogP contribution in [0.3, 0.4) is 0 Å². The maximum atomic E-state index is 12.2. The van der Waals surface area contributed by atoms with E-state index in [-0.39, 0.29) is 17.3 Å². The van der Waals surface area contributed by atoms with Gasteiger partial charge in [0.15, 0.2) is 17.3 Å². The summed E-state index contributed by atoms with van der Waals surface area (Å²) in [5, 5.41) is 10.2. The van der Waals surface area contributed by atoms with Crippen molar-refractivity contribution in [3.05, 3.63) is 34.4 Å². The lowest BCUT2D eigenvalue weighted by molar-refractivity contribution is -0.149. The number of methoxy groups -OCH3 is 2. The molecule has 1 aromatic carbocycles. The van der Waals surface area contributed by atoms with Crippen molar-refractivity contribution < 1.29 is 19.0 Å². The lowest BCUT2D eigenvalue weighted by Gasteiger charge is -2.55. The molecule has 40 heavy (non-hydrogen) atoms. The Morgan fingerprint density at radius 1 is 1.07 bits per heavy atom. The Hall–Kier alpha value is -2.72. The summed E-state index contributed by atoms with van der Waals surface area (Å²) in [7, 11) is 3.27. The van der Waals surface area contributed by atoms with Crippen LogP contribution < -0.4 is 9.47 Å². The number of benzene rings is 1. The van der Waals surface area contributed by atoms with E-state index < -0.39 is 0 Å². The van der Waals surface area contributed by atoms with Gasteiger partial charge in [0.2, 0.25) is 4.77 Å². The fourth-order valence-corrected chi connectivity index (χ4v) is 8.36. The van der Waals surface area contributed by atoms with Gasteiger partial charge in [0.1, 0.15) is 0 Å². The number of hydrogen-bond donors (Lipinski definition) is 0. The fourth-order valence-electron chi connectivity index (χ4n) is 8.13. The van der Waals surface area contributed by atoms with Crippen LogP contribution in [0.5, 0.6) is 11.5 Å². The van der Waals surface area contributed by atoms with Crippen LogP contribution >= 0.6 is 12.2 Å². The third-order valence-corrected chi connectivity index (χ3v) is 9.99. The van der Waals surface area contributed by atoms with Crippen LogP contribution in [0.15, 0.2) is 23.3 Å². The van der Waals surface area contributed by atoms with E-state index in [1.165, 1.54) is 38.5 Å². The Kier molecular flexibility index (Phi) is 7.74. The number of ether oxygens (including phenoxy) is 3. The molecule has 10 heteroatoms. The van der Waals surface area contributed by atoms with Gasteiger partial charge >= 0.3 is 5.97 Å². The molecule has 4 saturated carbocycles. The summed E-state index contributed by atoms with van der Waals surface area (Å²) in [5.74, 6) is 4.64. The van der Waals surface area contributed by atoms with Gasteiger partial charge in [-0.1, -0.05) is 0 Å². The van der Waals surface area contributed by atoms with E-state index in [0.29, 0.717) is 29.5 Å². The molecule has 4 bridgehead atoms. The highest BCUT2D eigenvalue weighted by molar-refractivity contribution is 7.71. The van der Waals surface area contributed by atoms with E-state index in [2.05, 4.69) is 4.90 Å². The topological polar surface area (TPSA) is 83.1 Å². The first-order valence-corrected chi connectivity index (χ1v) is 15.2. The standard InChI is InChI=1S/C30H41N5O4S/c1-4-39-27(36)24-7-9-33(10-8-24)19-34-29(40)35(31-18-20-5-6-25(37-2)26(14-20)38-3)28(32-34)30-15-21-11-22(16-30)13-23(12-21)17-30/h5-6,14,18,21-24H,4,7-13,15-17,19H2,1-3H3/b31-18+. The Morgan fingerprint density at radius 3 is 2.33 bits per heavy atom. The first kappa shape index (κ1) is 27.4. The van der Waals surface area contributed by atoms with Crippen molar-refractivity contribution in [2.24, 2.45) is 28.8 Å². The van der Waals surface area contributed by atoms with Crippen LogP contribution in [0.2, 0.25) is 0 Å². The Morgan fingerprint density at radius 2 is 1.73 bits per heavy atom. The Labute approximate surface area is 241 Å². The van der Waals surface area contributed by atoms with Gasteiger partial charge < -0.3 is 14.2 Å². The van der Waals surface area contributed by atoms with Crippen molar-refractivity contribution >= 4 is 24.4 Å². The number of aromatic nitrogens is 3. The SMILES string of the molecule is CCOC(=O)C1CCN(Cn2nc(C34CC5CC(CC(C5)C3)C4)n(/N=C/c3ccc(OC)c(OC)c3)c2=S)CC1. The first-order valence-electron chi connectivity index (χ1n) is 14.8. The average molecular weight is 568 g/mol. The zero-order chi connectivity index (χ0) is 27.9. The molecule has 216 valence electrons. The van der Waals surface area contributed by atoms with Gasteiger partial charge in [-0.2, -0.15) is 14.9 Å². The van der Waals surface area contributed by atoms with Crippen LogP contribution in [0, 0.1) is 28.4 Å². The molecule has 2 heterocycles. The fraction of sp³-hybridized carbons (Fsp3) is 0.667. The second-order valence-corrected chi connectivity index (χ2v) is 12.6. The molecule has 0 N–H and O–H groups in total. The zero-order valence-corrected chi connectivity index (χ0v) is 24.7. The van der Waals surface area contributed by atoms with Crippen molar-refractivity contribution in [3.8, 4) is 11.5 Å². The van der Waals surface area contributed by atoms with Crippen LogP contribution in [0.25, 0.3) is 0 Å². The lowest BCUT2D eigenvalue weighted by Crippen LogP contribution is -2.49. The number of nitrogens with zero attached hydrogens (tertiary/aromatic N) is 5. The quantitative estimate of drug-likeness (QED) is 0.239. The summed E-state index contributed by atoms with van der Waals surface area (Å²) in [6.45, 7) is 4.54. The summed E-state index contributed by atoms with van der Waals surface area (Å²) >= 11 is 6.04. The lowest BCUT2D eigenvalue weighted by atomic mass is 9.49. The van der Waals surface area contributed by atoms with Crippen LogP contribution in [0.4, 0.5) is 0 Å². The van der Waals surface area contributed by atoms with E-state index in [9.17, 15) is 4.79 Å². The molecule has 0 atom stereocenters. The number of piperidine rings is 1. The number of carbonyl (C=O) groups is 1. The third kappa shape index (κ3) is 5.20. The van der Waals surface area contributed by atoms with E-state index in [4.69, 9.17) is 36.6 Å². The molecule has 2 aromatic rings. The van der Waals surface area contributed by atoms with Gasteiger partial charge in [-0.15, -0.1) is 0 Å². The zero-order valence-electron chi connectivity index (χ0n) is 23.9. The number of carbonyl (C=O) groups excluding carboxylic acids is 1. The van der Waals surface area contributed by atoms with Crippen molar-refractivity contribution in [1.82, 2.24) is 19.4 Å². The Bertz CT molecular complexity index is 1290. The van der Waals surface area contributed by atoms with Crippen molar-refractivity contribution in [1.29, 1.82) is 0 Å². The number of hydrogen-bond acceptors (Lipinski definition) is 8. The summed E-state index contributed by atoms with van der Waals surface area (Å²) in [6, 6.07) is 5.79. The summed E-state index contributed by atoms with van der Waals surface area (Å²) < 4.78 is 20.7. The number of likely N-dealkylation sites (tertiary alicyclic amines) is 1. The second-order valence-electron chi connectivity index (χ2n) is 12.3. The van der Waals surface area contributed by atoms with Crippen LogP contribution in [-0.2, 0) is 21.6 Å². The molecule has 9 nitrogen and oxygen atoms in total. The largest absolute Gasteiger partial charge is 0.493 e. The smallest absolute Gasteiger partial charge is 0.309 e. The summed E-state index contributed by atoms with van der Waals surface area (Å²) in [5.41, 5.74) is 0.948. The second kappa shape index (κ2) is 11.3. The normalized spacial score (nSPS) is 28.3. The van der Waals surface area contributed by atoms with Crippen LogP contribution in [-0.4, -0.2) is 65.5 Å². The molecular formula is C30H41N5O4S. The highest BCUT2D eigenvalue weighted by Crippen LogP contribution is 2.60. The molecule has 0 amide bonds. The van der Waals surface area contributed by atoms with Gasteiger partial charge in [-0.3, -0.25) is 9.69 Å². The molecule has 1 aromatic heterocycles. The minimum absolute atomic E-state index is 0.0181. The predicted molar refractivity (Wildman–Crippen MR) is 154 cm³/mol. The third-order valence-electron chi connectivity index (χ3n) is 9.60. The van der Waals surface area contributed by atoms with Crippen LogP contribution in [0.1, 0.15) is 69.7 Å². The van der Waals surface area contributed by atoms with E-state index in [1.807, 2.05) is 40.7 Å². The minimum atomic E-state index is -0.0726. The maximum Gasteiger partial charge on any atom is 0.309 e. The molecule has 4 aliphatic carbocycles. The molecule has 7 rings (SSSR count). The minimum Gasteiger partial charge on any atom is -0.493 e. The average Bonchev–Trinajstić information content (AvgIpc) is 3.26. The number of esters is 1. The molecule has 5 fully saturated rings. The van der Waals surface area contributed by atoms with Gasteiger partial charge in [0.05, 0.1) is 39.6 Å². The summed E-state index contributed by atoms with van der Waals surface area (Å²) in [4.78, 5) is 14.6. The van der Waals surface area contributed by atoms with Gasteiger partial charge in [-0.25, -0.2) is 4.68 Å².